The summed E-state index contributed by atoms with van der Waals surface area (Å²) >= 11 is 0. The number of benzene rings is 1. The van der Waals surface area contributed by atoms with Crippen molar-refractivity contribution in [1.29, 1.82) is 0 Å². The molecule has 1 saturated heterocycles. The van der Waals surface area contributed by atoms with Gasteiger partial charge in [0.2, 0.25) is 0 Å². The molecule has 1 fully saturated rings. The van der Waals surface area contributed by atoms with Crippen LogP contribution >= 0.6 is 0 Å². The summed E-state index contributed by atoms with van der Waals surface area (Å²) in [6.07, 6.45) is 1.48. The van der Waals surface area contributed by atoms with Crippen LogP contribution in [0.4, 0.5) is 4.39 Å². The minimum atomic E-state index is -3.85. The molecule has 0 aromatic heterocycles. The van der Waals surface area contributed by atoms with Crippen molar-refractivity contribution < 1.29 is 22.7 Å². The van der Waals surface area contributed by atoms with Gasteiger partial charge in [0, 0.05) is 13.1 Å². The van der Waals surface area contributed by atoms with Gasteiger partial charge in [0.05, 0.1) is 0 Å². The third-order valence-electron chi connectivity index (χ3n) is 4.02. The molecule has 2 rings (SSSR count). The zero-order chi connectivity index (χ0) is 17.0. The van der Waals surface area contributed by atoms with E-state index in [1.54, 1.807) is 0 Å². The standard InChI is InChI=1S/C15H21FN2O4S/c1-11-6-8-18(9-7-11)23(21,22)17-14(15(19)20)10-12-2-4-13(16)5-3-12/h2-5,11,14,17H,6-10H2,1H3,(H,19,20). The minimum absolute atomic E-state index is 0.0426. The van der Waals surface area contributed by atoms with Crippen LogP contribution in [0.5, 0.6) is 0 Å². The fraction of sp³-hybridized carbons (Fsp3) is 0.533. The van der Waals surface area contributed by atoms with Crippen molar-refractivity contribution in [3.05, 3.63) is 35.6 Å². The first kappa shape index (κ1) is 17.8. The highest BCUT2D eigenvalue weighted by Crippen LogP contribution is 2.18. The van der Waals surface area contributed by atoms with Crippen molar-refractivity contribution >= 4 is 16.2 Å². The third kappa shape index (κ3) is 4.98. The molecule has 0 bridgehead atoms. The Morgan fingerprint density at radius 3 is 2.43 bits per heavy atom. The number of halogens is 1. The van der Waals surface area contributed by atoms with Gasteiger partial charge >= 0.3 is 5.97 Å². The molecule has 1 aliphatic rings. The summed E-state index contributed by atoms with van der Waals surface area (Å²) < 4.78 is 41.1. The van der Waals surface area contributed by atoms with Crippen LogP contribution in [0.2, 0.25) is 0 Å². The van der Waals surface area contributed by atoms with Crippen LogP contribution in [0.3, 0.4) is 0 Å². The van der Waals surface area contributed by atoms with E-state index in [-0.39, 0.29) is 6.42 Å². The Morgan fingerprint density at radius 1 is 1.35 bits per heavy atom. The fourth-order valence-electron chi connectivity index (χ4n) is 2.52. The number of rotatable bonds is 6. The molecule has 0 aliphatic carbocycles. The van der Waals surface area contributed by atoms with Gasteiger partial charge in [-0.1, -0.05) is 19.1 Å². The molecule has 1 unspecified atom stereocenters. The predicted molar refractivity (Wildman–Crippen MR) is 83.6 cm³/mol. The first-order chi connectivity index (χ1) is 10.8. The highest BCUT2D eigenvalue weighted by molar-refractivity contribution is 7.87. The summed E-state index contributed by atoms with van der Waals surface area (Å²) in [5.74, 6) is -1.22. The number of piperidine rings is 1. The number of carbonyl (C=O) groups is 1. The lowest BCUT2D eigenvalue weighted by Gasteiger charge is -2.30. The van der Waals surface area contributed by atoms with Crippen LogP contribution in [0, 0.1) is 11.7 Å². The topological polar surface area (TPSA) is 86.7 Å². The minimum Gasteiger partial charge on any atom is -0.480 e. The highest BCUT2D eigenvalue weighted by Gasteiger charge is 2.31. The van der Waals surface area contributed by atoms with Crippen molar-refractivity contribution in [3.63, 3.8) is 0 Å². The van der Waals surface area contributed by atoms with Gasteiger partial charge in [-0.25, -0.2) is 4.39 Å². The van der Waals surface area contributed by atoms with Gasteiger partial charge in [-0.15, -0.1) is 0 Å². The largest absolute Gasteiger partial charge is 0.480 e. The molecule has 1 heterocycles. The Hall–Kier alpha value is -1.51. The summed E-state index contributed by atoms with van der Waals surface area (Å²) in [6.45, 7) is 2.84. The second kappa shape index (κ2) is 7.37. The summed E-state index contributed by atoms with van der Waals surface area (Å²) in [5, 5.41) is 9.27. The molecule has 1 aromatic carbocycles. The van der Waals surface area contributed by atoms with Crippen molar-refractivity contribution in [1.82, 2.24) is 9.03 Å². The normalized spacial score (nSPS) is 18.7. The van der Waals surface area contributed by atoms with Gasteiger partial charge in [0.1, 0.15) is 11.9 Å². The SMILES string of the molecule is CC1CCN(S(=O)(=O)NC(Cc2ccc(F)cc2)C(=O)O)CC1. The Bertz CT molecular complexity index is 640. The molecule has 0 spiro atoms. The molecule has 1 aliphatic heterocycles. The van der Waals surface area contributed by atoms with E-state index in [1.165, 1.54) is 28.6 Å². The maximum absolute atomic E-state index is 12.9. The lowest BCUT2D eigenvalue weighted by Crippen LogP contribution is -2.51. The van der Waals surface area contributed by atoms with Crippen LogP contribution in [-0.4, -0.2) is 42.9 Å². The quantitative estimate of drug-likeness (QED) is 0.816. The van der Waals surface area contributed by atoms with E-state index in [1.807, 2.05) is 0 Å². The Morgan fingerprint density at radius 2 is 1.91 bits per heavy atom. The molecular weight excluding hydrogens is 323 g/mol. The van der Waals surface area contributed by atoms with Gasteiger partial charge in [0.25, 0.3) is 10.2 Å². The highest BCUT2D eigenvalue weighted by atomic mass is 32.2. The first-order valence-electron chi connectivity index (χ1n) is 7.52. The molecule has 8 heteroatoms. The van der Waals surface area contributed by atoms with Crippen molar-refractivity contribution in [2.24, 2.45) is 5.92 Å². The second-order valence-corrected chi connectivity index (χ2v) is 7.63. The lowest BCUT2D eigenvalue weighted by molar-refractivity contribution is -0.138. The molecule has 0 saturated carbocycles. The molecule has 128 valence electrons. The summed E-state index contributed by atoms with van der Waals surface area (Å²) in [4.78, 5) is 11.4. The number of carboxylic acids is 1. The molecule has 6 nitrogen and oxygen atoms in total. The summed E-state index contributed by atoms with van der Waals surface area (Å²) in [5.41, 5.74) is 0.550. The van der Waals surface area contributed by atoms with E-state index < -0.39 is 28.0 Å². The van der Waals surface area contributed by atoms with Crippen LogP contribution < -0.4 is 4.72 Å². The number of nitrogens with one attached hydrogen (secondary N) is 1. The average Bonchev–Trinajstić information content (AvgIpc) is 2.49. The van der Waals surface area contributed by atoms with Crippen LogP contribution in [0.25, 0.3) is 0 Å². The summed E-state index contributed by atoms with van der Waals surface area (Å²) in [7, 11) is -3.85. The summed E-state index contributed by atoms with van der Waals surface area (Å²) in [6, 6.07) is 4.04. The van der Waals surface area contributed by atoms with E-state index in [0.29, 0.717) is 24.6 Å². The average molecular weight is 344 g/mol. The van der Waals surface area contributed by atoms with Gasteiger partial charge in [0.15, 0.2) is 0 Å². The van der Waals surface area contributed by atoms with E-state index >= 15 is 0 Å². The number of hydrogen-bond acceptors (Lipinski definition) is 3. The molecule has 0 amide bonds. The van der Waals surface area contributed by atoms with Crippen LogP contribution in [0.1, 0.15) is 25.3 Å². The second-order valence-electron chi connectivity index (χ2n) is 5.93. The van der Waals surface area contributed by atoms with E-state index in [4.69, 9.17) is 0 Å². The Kier molecular flexibility index (Phi) is 5.72. The molecule has 23 heavy (non-hydrogen) atoms. The Balaban J connectivity index is 2.06. The maximum atomic E-state index is 12.9. The lowest BCUT2D eigenvalue weighted by atomic mass is 10.0. The Labute approximate surface area is 135 Å². The van der Waals surface area contributed by atoms with Crippen LogP contribution in [-0.2, 0) is 21.4 Å². The fourth-order valence-corrected chi connectivity index (χ4v) is 3.90. The molecule has 2 N–H and O–H groups in total. The molecular formula is C15H21FN2O4S. The molecule has 1 aromatic rings. The monoisotopic (exact) mass is 344 g/mol. The van der Waals surface area contributed by atoms with E-state index in [9.17, 15) is 22.7 Å². The first-order valence-corrected chi connectivity index (χ1v) is 8.96. The zero-order valence-electron chi connectivity index (χ0n) is 12.9. The third-order valence-corrected chi connectivity index (χ3v) is 5.65. The van der Waals surface area contributed by atoms with Crippen LogP contribution in [0.15, 0.2) is 24.3 Å². The molecule has 1 atom stereocenters. The smallest absolute Gasteiger partial charge is 0.322 e. The molecule has 0 radical (unpaired) electrons. The maximum Gasteiger partial charge on any atom is 0.322 e. The van der Waals surface area contributed by atoms with Crippen molar-refractivity contribution in [2.45, 2.75) is 32.2 Å². The predicted octanol–water partition coefficient (Wildman–Crippen LogP) is 1.39. The van der Waals surface area contributed by atoms with Crippen molar-refractivity contribution in [3.8, 4) is 0 Å². The van der Waals surface area contributed by atoms with Gasteiger partial charge in [-0.3, -0.25) is 4.79 Å². The zero-order valence-corrected chi connectivity index (χ0v) is 13.7. The van der Waals surface area contributed by atoms with Gasteiger partial charge < -0.3 is 5.11 Å². The van der Waals surface area contributed by atoms with Crippen molar-refractivity contribution in [2.75, 3.05) is 13.1 Å². The van der Waals surface area contributed by atoms with E-state index in [0.717, 1.165) is 12.8 Å². The number of aliphatic carboxylic acids is 1. The van der Waals surface area contributed by atoms with E-state index in [2.05, 4.69) is 11.6 Å². The number of hydrogen-bond donors (Lipinski definition) is 2. The van der Waals surface area contributed by atoms with Gasteiger partial charge in [-0.2, -0.15) is 17.4 Å². The van der Waals surface area contributed by atoms with Gasteiger partial charge in [-0.05, 0) is 42.9 Å². The number of carboxylic acid groups (broad SMARTS) is 1. The number of nitrogens with zero attached hydrogens (tertiary/aromatic N) is 1.